The molecule has 8 aliphatic heterocycles. The second-order valence-corrected chi connectivity index (χ2v) is 31.9. The molecule has 117 heavy (non-hydrogen) atoms. The van der Waals surface area contributed by atoms with E-state index < -0.39 is 250 Å². The largest absolute Gasteiger partial charge is 0.508 e. The minimum atomic E-state index is -2.37. The normalized spacial score (nSPS) is 31.0. The van der Waals surface area contributed by atoms with E-state index in [0.717, 1.165) is 55.7 Å². The maximum absolute atomic E-state index is 16.7. The van der Waals surface area contributed by atoms with Crippen LogP contribution in [0.5, 0.6) is 46.0 Å². The molecule has 0 aliphatic carbocycles. The van der Waals surface area contributed by atoms with E-state index in [0.29, 0.717) is 12.8 Å². The first kappa shape index (κ1) is 88.2. The molecule has 8 amide bonds. The molecule has 0 radical (unpaired) electrons. The maximum Gasteiger partial charge on any atom is 0.248 e. The minimum absolute atomic E-state index is 0.0137. The summed E-state index contributed by atoms with van der Waals surface area (Å²) in [6.07, 6.45) is -18.4. The molecule has 0 spiro atoms. The molecule has 5 aromatic carbocycles. The Morgan fingerprint density at radius 3 is 1.91 bits per heavy atom. The van der Waals surface area contributed by atoms with Gasteiger partial charge in [-0.05, 0) is 130 Å². The first-order chi connectivity index (χ1) is 55.4. The standard InChI is InChI=1S/C80H104ClN11O25/c1-9-10-11-12-13-23-86-73(105)60-43-28-40(94)29-48(96)57(43)56-42(15-14-16-47(56)95)59-75(107)92-62(77(109)90-60)66(115-54-31-79(6,83)69(101)35(4)110-54)37-17-20-41(21-18-37)112-50-26-39-27-51(67(50)117-78-68(65(100)64(99)52(33-93)114-78)116-55-32-80(7,84)70(102)36(5)111-55)113-49-22-19-38(25-44(49)81)63(98)61(91-71(103)45(85-8)24-34(2)3)76(108)87-46(30-53(82)97)72(104)88-58(39)74(106)89-59/h14-22,25-29,34-36,45-46,52,54-55,58-66,68-70,78,85,93-96,98-102H,9-13,23-24,30-33,83-84H2,1-8H3,(H2,82,97)(H,86,105)(H,87,108)(H,88,104)(H,89,106)(H,90,109)(H,91,103)(H,92,107)/t35-,36+,45?,46?,52-,54-,55+,58?,59?,60?,61?,62?,63?,64-,65+,66?,68-,69-,70-,78+,79?,80+/m1/s1. The Hall–Kier alpha value is -9.61. The molecule has 5 aromatic rings. The zero-order valence-corrected chi connectivity index (χ0v) is 66.4. The van der Waals surface area contributed by atoms with Crippen molar-refractivity contribution >= 4 is 58.9 Å². The van der Waals surface area contributed by atoms with Gasteiger partial charge in [-0.2, -0.15) is 0 Å². The highest BCUT2D eigenvalue weighted by Crippen LogP contribution is 2.50. The molecule has 22 atom stereocenters. The SMILES string of the molecule is CCCCCCCNC(=O)C1NC(=O)C2NC(=O)C(NC(=O)C3NC(=O)C(CC(N)=O)NC(=O)C(NC(=O)C(CC(C)C)NC)C(O)c4ccc(c(Cl)c4)Oc4cc3cc(c4O[C@@H]3O[C@H](CO)[C@@H](O)[C@H](O)[C@H]3O[C@H]3C[C@](C)(N)[C@H](O)[C@H](C)O3)Oc3ccc(cc3)C2O[C@@H]2CC(C)(N)[C@H](O)[C@@H](C)O2)c2cccc(O)c2-c2c(O)cc(O)cc21. The fourth-order valence-corrected chi connectivity index (χ4v) is 15.6. The third-order valence-corrected chi connectivity index (χ3v) is 22.0. The molecule has 0 saturated carbocycles. The Labute approximate surface area is 678 Å². The van der Waals surface area contributed by atoms with Gasteiger partial charge in [0.25, 0.3) is 0 Å². The lowest BCUT2D eigenvalue weighted by molar-refractivity contribution is -0.333. The summed E-state index contributed by atoms with van der Waals surface area (Å²) in [6.45, 7) is 10.8. The zero-order valence-electron chi connectivity index (χ0n) is 65.7. The number of hydrogen-bond donors (Lipinski definition) is 20. The van der Waals surface area contributed by atoms with E-state index in [2.05, 4.69) is 42.5 Å². The number of carbonyl (C=O) groups is 8. The van der Waals surface area contributed by atoms with E-state index >= 15 is 28.8 Å². The Bertz CT molecular complexity index is 4480. The van der Waals surface area contributed by atoms with E-state index in [1.165, 1.54) is 83.3 Å². The quantitative estimate of drug-likeness (QED) is 0.0465. The lowest BCUT2D eigenvalue weighted by Crippen LogP contribution is -2.64. The Morgan fingerprint density at radius 2 is 1.29 bits per heavy atom. The summed E-state index contributed by atoms with van der Waals surface area (Å²) < 4.78 is 52.3. The van der Waals surface area contributed by atoms with Crippen LogP contribution in [0.4, 0.5) is 0 Å². The zero-order chi connectivity index (χ0) is 85.0. The fraction of sp³-hybridized carbons (Fsp3) is 0.525. The molecule has 13 rings (SSSR count). The van der Waals surface area contributed by atoms with Crippen molar-refractivity contribution in [1.29, 1.82) is 0 Å². The number of hydrogen-bond acceptors (Lipinski definition) is 28. The number of phenols is 3. The Morgan fingerprint density at radius 1 is 0.667 bits per heavy atom. The van der Waals surface area contributed by atoms with Crippen molar-refractivity contribution in [2.24, 2.45) is 23.1 Å². The van der Waals surface area contributed by atoms with Crippen molar-refractivity contribution in [3.63, 3.8) is 0 Å². The van der Waals surface area contributed by atoms with Gasteiger partial charge in [0.15, 0.2) is 30.2 Å². The van der Waals surface area contributed by atoms with Crippen LogP contribution < -0.4 is 73.9 Å². The van der Waals surface area contributed by atoms with Gasteiger partial charge in [0.1, 0.15) is 95.5 Å². The van der Waals surface area contributed by atoms with Crippen molar-refractivity contribution in [2.75, 3.05) is 20.2 Å². The van der Waals surface area contributed by atoms with E-state index in [1.54, 1.807) is 0 Å². The summed E-state index contributed by atoms with van der Waals surface area (Å²) in [6, 6.07) is 2.69. The number of amides is 8. The molecule has 9 bridgehead atoms. The first-order valence-electron chi connectivity index (χ1n) is 38.8. The molecule has 0 aromatic heterocycles. The van der Waals surface area contributed by atoms with Crippen LogP contribution in [0.2, 0.25) is 5.02 Å². The third-order valence-electron chi connectivity index (χ3n) is 21.7. The number of carbonyl (C=O) groups excluding carboxylic acids is 8. The third kappa shape index (κ3) is 19.9. The van der Waals surface area contributed by atoms with E-state index in [-0.39, 0.29) is 64.9 Å². The lowest BCUT2D eigenvalue weighted by Gasteiger charge is -2.47. The van der Waals surface area contributed by atoms with Gasteiger partial charge in [0.05, 0.1) is 48.5 Å². The van der Waals surface area contributed by atoms with Crippen LogP contribution in [0, 0.1) is 5.92 Å². The summed E-state index contributed by atoms with van der Waals surface area (Å²) >= 11 is 7.19. The topological polar surface area (TPSA) is 567 Å². The maximum atomic E-state index is 16.7. The van der Waals surface area contributed by atoms with Gasteiger partial charge in [0.2, 0.25) is 59.3 Å². The van der Waals surface area contributed by atoms with Crippen molar-refractivity contribution in [2.45, 2.75) is 240 Å². The number of ether oxygens (including phenoxy) is 8. The highest BCUT2D eigenvalue weighted by atomic mass is 35.5. The highest BCUT2D eigenvalue weighted by molar-refractivity contribution is 6.32. The van der Waals surface area contributed by atoms with Crippen molar-refractivity contribution < 1.29 is 122 Å². The number of nitrogens with one attached hydrogen (secondary N) is 8. The molecule has 36 nitrogen and oxygen atoms in total. The smallest absolute Gasteiger partial charge is 0.248 e. The molecule has 23 N–H and O–H groups in total. The molecule has 8 heterocycles. The number of primary amides is 1. The number of benzene rings is 5. The molecule has 8 aliphatic rings. The van der Waals surface area contributed by atoms with Crippen LogP contribution in [0.25, 0.3) is 11.1 Å². The van der Waals surface area contributed by atoms with Crippen LogP contribution in [-0.2, 0) is 62.0 Å². The van der Waals surface area contributed by atoms with Crippen LogP contribution in [0.1, 0.15) is 164 Å². The molecule has 3 saturated heterocycles. The monoisotopic (exact) mass is 1650 g/mol. The average Bonchev–Trinajstić information content (AvgIpc) is 1.74. The number of halogens is 1. The highest BCUT2D eigenvalue weighted by Gasteiger charge is 2.53. The van der Waals surface area contributed by atoms with Crippen LogP contribution in [0.15, 0.2) is 84.9 Å². The van der Waals surface area contributed by atoms with E-state index in [4.69, 9.17) is 66.7 Å². The summed E-state index contributed by atoms with van der Waals surface area (Å²) in [4.78, 5) is 123. The predicted molar refractivity (Wildman–Crippen MR) is 415 cm³/mol. The Kier molecular flexibility index (Phi) is 28.0. The van der Waals surface area contributed by atoms with Crippen molar-refractivity contribution in [3.8, 4) is 57.1 Å². The van der Waals surface area contributed by atoms with Gasteiger partial charge in [-0.25, -0.2) is 0 Å². The number of likely N-dealkylation sites (N-methyl/N-ethyl adjacent to an activating group) is 1. The summed E-state index contributed by atoms with van der Waals surface area (Å²) in [5, 5.41) is 127. The van der Waals surface area contributed by atoms with Gasteiger partial charge in [-0.1, -0.05) is 88.4 Å². The summed E-state index contributed by atoms with van der Waals surface area (Å²) in [5.41, 5.74) is 14.0. The molecule has 636 valence electrons. The number of rotatable bonds is 21. The first-order valence-corrected chi connectivity index (χ1v) is 39.2. The second kappa shape index (κ2) is 37.1. The van der Waals surface area contributed by atoms with Gasteiger partial charge < -0.3 is 144 Å². The number of aliphatic hydroxyl groups is 6. The average molecular weight is 1660 g/mol. The number of phenolic OH excluding ortho intramolecular Hbond substituents is 3. The number of unbranched alkanes of at least 4 members (excludes halogenated alkanes) is 4. The van der Waals surface area contributed by atoms with Crippen molar-refractivity contribution in [1.82, 2.24) is 42.5 Å². The van der Waals surface area contributed by atoms with Gasteiger partial charge in [-0.3, -0.25) is 38.4 Å². The molecular formula is C80H104ClN11O25. The van der Waals surface area contributed by atoms with Gasteiger partial charge >= 0.3 is 0 Å². The number of aliphatic hydroxyl groups excluding tert-OH is 6. The molecule has 10 unspecified atom stereocenters. The van der Waals surface area contributed by atoms with E-state index in [9.17, 15) is 55.5 Å². The number of aromatic hydroxyl groups is 3. The molecule has 3 fully saturated rings. The van der Waals surface area contributed by atoms with Crippen molar-refractivity contribution in [3.05, 3.63) is 118 Å². The molecule has 37 heteroatoms. The number of nitrogens with two attached hydrogens (primary N) is 3. The molecular weight excluding hydrogens is 1550 g/mol. The van der Waals surface area contributed by atoms with Crippen LogP contribution >= 0.6 is 11.6 Å². The van der Waals surface area contributed by atoms with Gasteiger partial charge in [-0.15, -0.1) is 0 Å². The summed E-state index contributed by atoms with van der Waals surface area (Å²) in [7, 11) is 1.49. The van der Waals surface area contributed by atoms with Crippen LogP contribution in [0.3, 0.4) is 0 Å². The summed E-state index contributed by atoms with van der Waals surface area (Å²) in [5.74, 6) is -14.3. The second-order valence-electron chi connectivity index (χ2n) is 31.5. The number of fused-ring (bicyclic) bond motifs is 14. The van der Waals surface area contributed by atoms with Crippen LogP contribution in [-0.4, -0.2) is 216 Å². The fourth-order valence-electron chi connectivity index (χ4n) is 15.4. The van der Waals surface area contributed by atoms with Gasteiger partial charge in [0, 0.05) is 47.7 Å². The van der Waals surface area contributed by atoms with E-state index in [1.807, 2.05) is 20.8 Å². The Balaban J connectivity index is 1.19. The lowest BCUT2D eigenvalue weighted by atomic mass is 9.86. The predicted octanol–water partition coefficient (Wildman–Crippen LogP) is 1.69. The minimum Gasteiger partial charge on any atom is -0.508 e.